The van der Waals surface area contributed by atoms with Crippen LogP contribution in [0.25, 0.3) is 0 Å². The summed E-state index contributed by atoms with van der Waals surface area (Å²) >= 11 is 0. The van der Waals surface area contributed by atoms with Gasteiger partial charge in [0.25, 0.3) is 0 Å². The minimum Gasteiger partial charge on any atom is -0.301 e. The predicted octanol–water partition coefficient (Wildman–Crippen LogP) is 1.50. The molecule has 5 heteroatoms. The molecule has 2 aliphatic rings. The average Bonchev–Trinajstić information content (AvgIpc) is 2.95. The number of hydrogen-bond acceptors (Lipinski definition) is 3. The minimum absolute atomic E-state index is 0.553. The van der Waals surface area contributed by atoms with Gasteiger partial charge in [-0.05, 0) is 43.0 Å². The van der Waals surface area contributed by atoms with E-state index in [1.807, 2.05) is 6.07 Å². The minimum atomic E-state index is -3.31. The zero-order valence-corrected chi connectivity index (χ0v) is 12.8. The Kier molecular flexibility index (Phi) is 3.84. The van der Waals surface area contributed by atoms with E-state index in [-0.39, 0.29) is 0 Å². The number of rotatable bonds is 3. The number of hydrogen-bond donors (Lipinski definition) is 0. The van der Waals surface area contributed by atoms with Crippen molar-refractivity contribution >= 4 is 10.0 Å². The molecule has 4 nitrogen and oxygen atoms in total. The summed E-state index contributed by atoms with van der Waals surface area (Å²) in [7, 11) is -3.31. The van der Waals surface area contributed by atoms with Crippen LogP contribution in [0.2, 0.25) is 0 Å². The number of sulfonamides is 1. The molecule has 3 rings (SSSR count). The van der Waals surface area contributed by atoms with E-state index >= 15 is 0 Å². The van der Waals surface area contributed by atoms with Gasteiger partial charge < -0.3 is 4.90 Å². The molecule has 0 spiro atoms. The lowest BCUT2D eigenvalue weighted by Crippen LogP contribution is -2.48. The van der Waals surface area contributed by atoms with Gasteiger partial charge in [0, 0.05) is 26.2 Å². The second-order valence-corrected chi connectivity index (χ2v) is 7.49. The molecule has 1 heterocycles. The molecule has 0 saturated carbocycles. The Hall–Kier alpha value is -0.910. The molecule has 1 aliphatic carbocycles. The second kappa shape index (κ2) is 5.47. The molecule has 20 heavy (non-hydrogen) atoms. The third-order valence-electron chi connectivity index (χ3n) is 4.50. The molecule has 1 aromatic rings. The molecule has 1 aliphatic heterocycles. The molecule has 0 amide bonds. The largest absolute Gasteiger partial charge is 0.301 e. The summed E-state index contributed by atoms with van der Waals surface area (Å²) in [5.41, 5.74) is 2.28. The molecular formula is C15H22N2O2S. The van der Waals surface area contributed by atoms with Crippen molar-refractivity contribution in [2.45, 2.75) is 31.1 Å². The first-order valence-electron chi connectivity index (χ1n) is 7.46. The zero-order valence-electron chi connectivity index (χ0n) is 12.0. The Morgan fingerprint density at radius 3 is 2.55 bits per heavy atom. The van der Waals surface area contributed by atoms with Gasteiger partial charge in [0.05, 0.1) is 4.90 Å². The van der Waals surface area contributed by atoms with Crippen LogP contribution in [0.5, 0.6) is 0 Å². The fourth-order valence-electron chi connectivity index (χ4n) is 3.25. The first-order chi connectivity index (χ1) is 9.63. The molecule has 1 fully saturated rings. The number of nitrogens with zero attached hydrogens (tertiary/aromatic N) is 2. The molecular weight excluding hydrogens is 272 g/mol. The van der Waals surface area contributed by atoms with Crippen LogP contribution < -0.4 is 0 Å². The molecule has 1 aromatic carbocycles. The quantitative estimate of drug-likeness (QED) is 0.848. The predicted molar refractivity (Wildman–Crippen MR) is 79.3 cm³/mol. The maximum atomic E-state index is 12.8. The van der Waals surface area contributed by atoms with Gasteiger partial charge in [0.2, 0.25) is 10.0 Å². The Bertz CT molecular complexity index is 590. The highest BCUT2D eigenvalue weighted by molar-refractivity contribution is 7.89. The number of fused-ring (bicyclic) bond motifs is 1. The Morgan fingerprint density at radius 1 is 1.10 bits per heavy atom. The third-order valence-corrected chi connectivity index (χ3v) is 6.48. The lowest BCUT2D eigenvalue weighted by molar-refractivity contribution is 0.196. The van der Waals surface area contributed by atoms with E-state index in [0.29, 0.717) is 18.0 Å². The van der Waals surface area contributed by atoms with E-state index < -0.39 is 10.0 Å². The van der Waals surface area contributed by atoms with Gasteiger partial charge in [-0.1, -0.05) is 19.1 Å². The first-order valence-corrected chi connectivity index (χ1v) is 8.90. The van der Waals surface area contributed by atoms with E-state index in [2.05, 4.69) is 17.9 Å². The number of likely N-dealkylation sites (N-methyl/N-ethyl adjacent to an activating group) is 1. The maximum absolute atomic E-state index is 12.8. The molecule has 0 unspecified atom stereocenters. The smallest absolute Gasteiger partial charge is 0.243 e. The van der Waals surface area contributed by atoms with Gasteiger partial charge in [0.1, 0.15) is 0 Å². The summed E-state index contributed by atoms with van der Waals surface area (Å²) in [5, 5.41) is 0. The number of piperazine rings is 1. The van der Waals surface area contributed by atoms with Crippen molar-refractivity contribution in [3.05, 3.63) is 29.3 Å². The summed E-state index contributed by atoms with van der Waals surface area (Å²) in [4.78, 5) is 2.85. The number of aryl methyl sites for hydroxylation is 1. The van der Waals surface area contributed by atoms with Crippen molar-refractivity contribution in [3.8, 4) is 0 Å². The van der Waals surface area contributed by atoms with Crippen molar-refractivity contribution in [2.24, 2.45) is 0 Å². The normalized spacial score (nSPS) is 21.1. The lowest BCUT2D eigenvalue weighted by Gasteiger charge is -2.33. The highest BCUT2D eigenvalue weighted by atomic mass is 32.2. The van der Waals surface area contributed by atoms with E-state index in [9.17, 15) is 8.42 Å². The molecule has 0 atom stereocenters. The summed E-state index contributed by atoms with van der Waals surface area (Å²) in [6.45, 7) is 6.01. The first kappa shape index (κ1) is 14.0. The Morgan fingerprint density at radius 2 is 1.85 bits per heavy atom. The molecule has 0 bridgehead atoms. The standard InChI is InChI=1S/C15H22N2O2S/c1-2-16-9-11-17(12-10-16)20(18,19)15-8-4-6-13-5-3-7-14(13)15/h4,6,8H,2-3,5,7,9-12H2,1H3. The van der Waals surface area contributed by atoms with Crippen LogP contribution >= 0.6 is 0 Å². The van der Waals surface area contributed by atoms with Crippen molar-refractivity contribution in [1.82, 2.24) is 9.21 Å². The van der Waals surface area contributed by atoms with E-state index in [1.165, 1.54) is 5.56 Å². The fraction of sp³-hybridized carbons (Fsp3) is 0.600. The van der Waals surface area contributed by atoms with Crippen LogP contribution in [0.4, 0.5) is 0 Å². The van der Waals surface area contributed by atoms with Gasteiger partial charge in [-0.3, -0.25) is 0 Å². The van der Waals surface area contributed by atoms with Crippen molar-refractivity contribution in [2.75, 3.05) is 32.7 Å². The van der Waals surface area contributed by atoms with Crippen molar-refractivity contribution in [3.63, 3.8) is 0 Å². The summed E-state index contributed by atoms with van der Waals surface area (Å²) in [5.74, 6) is 0. The highest BCUT2D eigenvalue weighted by Gasteiger charge is 2.31. The Balaban J connectivity index is 1.88. The number of benzene rings is 1. The van der Waals surface area contributed by atoms with Gasteiger partial charge >= 0.3 is 0 Å². The van der Waals surface area contributed by atoms with E-state index in [4.69, 9.17) is 0 Å². The van der Waals surface area contributed by atoms with Crippen LogP contribution in [-0.4, -0.2) is 50.3 Å². The molecule has 110 valence electrons. The van der Waals surface area contributed by atoms with E-state index in [0.717, 1.165) is 44.5 Å². The SMILES string of the molecule is CCN1CCN(S(=O)(=O)c2cccc3c2CCC3)CC1. The maximum Gasteiger partial charge on any atom is 0.243 e. The van der Waals surface area contributed by atoms with Crippen LogP contribution in [0.15, 0.2) is 23.1 Å². The third kappa shape index (κ3) is 2.38. The lowest BCUT2D eigenvalue weighted by atomic mass is 10.1. The van der Waals surface area contributed by atoms with Gasteiger partial charge in [-0.2, -0.15) is 4.31 Å². The van der Waals surface area contributed by atoms with Crippen molar-refractivity contribution < 1.29 is 8.42 Å². The van der Waals surface area contributed by atoms with Gasteiger partial charge in [-0.15, -0.1) is 0 Å². The highest BCUT2D eigenvalue weighted by Crippen LogP contribution is 2.30. The van der Waals surface area contributed by atoms with Crippen molar-refractivity contribution in [1.29, 1.82) is 0 Å². The fourth-order valence-corrected chi connectivity index (χ4v) is 4.97. The zero-order chi connectivity index (χ0) is 14.2. The molecule has 0 radical (unpaired) electrons. The molecule has 1 saturated heterocycles. The topological polar surface area (TPSA) is 40.6 Å². The van der Waals surface area contributed by atoms with Crippen LogP contribution in [0.3, 0.4) is 0 Å². The second-order valence-electron chi connectivity index (χ2n) is 5.59. The van der Waals surface area contributed by atoms with Crippen LogP contribution in [-0.2, 0) is 22.9 Å². The van der Waals surface area contributed by atoms with Gasteiger partial charge in [0.15, 0.2) is 0 Å². The molecule has 0 aromatic heterocycles. The van der Waals surface area contributed by atoms with Crippen LogP contribution in [0, 0.1) is 0 Å². The monoisotopic (exact) mass is 294 g/mol. The average molecular weight is 294 g/mol. The Labute approximate surface area is 121 Å². The molecule has 0 N–H and O–H groups in total. The summed E-state index contributed by atoms with van der Waals surface area (Å²) in [6.07, 6.45) is 2.99. The van der Waals surface area contributed by atoms with Crippen LogP contribution in [0.1, 0.15) is 24.5 Å². The van der Waals surface area contributed by atoms with E-state index in [1.54, 1.807) is 10.4 Å². The summed E-state index contributed by atoms with van der Waals surface area (Å²) < 4.78 is 27.4. The summed E-state index contributed by atoms with van der Waals surface area (Å²) in [6, 6.07) is 5.74. The van der Waals surface area contributed by atoms with Gasteiger partial charge in [-0.25, -0.2) is 8.42 Å².